The third-order valence-electron chi connectivity index (χ3n) is 6.18. The van der Waals surface area contributed by atoms with Crippen LogP contribution in [0.25, 0.3) is 0 Å². The highest BCUT2D eigenvalue weighted by Gasteiger charge is 2.49. The standard InChI is InChI=1S/C29H33NO5S/c1-31-29-27(34-19-23-15-9-4-10-16-23)25(28(30)36)26(33-18-22-13-7-3-8-14-22)24(35-29)20-32-17-21-11-5-2-6-12-21/h2-16,24-27,29H,17-20H2,1H3,(H2,30,36). The molecule has 1 fully saturated rings. The van der Waals surface area contributed by atoms with E-state index in [1.54, 1.807) is 7.11 Å². The summed E-state index contributed by atoms with van der Waals surface area (Å²) in [6, 6.07) is 29.9. The zero-order valence-electron chi connectivity index (χ0n) is 20.4. The Morgan fingerprint density at radius 1 is 0.750 bits per heavy atom. The number of benzene rings is 3. The van der Waals surface area contributed by atoms with Crippen LogP contribution in [0.2, 0.25) is 0 Å². The van der Waals surface area contributed by atoms with Crippen molar-refractivity contribution in [3.63, 3.8) is 0 Å². The summed E-state index contributed by atoms with van der Waals surface area (Å²) in [5, 5.41) is 0. The molecule has 3 aromatic carbocycles. The Labute approximate surface area is 218 Å². The molecular weight excluding hydrogens is 474 g/mol. The van der Waals surface area contributed by atoms with Gasteiger partial charge in [0.1, 0.15) is 12.2 Å². The van der Waals surface area contributed by atoms with Crippen LogP contribution in [0.5, 0.6) is 0 Å². The van der Waals surface area contributed by atoms with Crippen molar-refractivity contribution in [2.75, 3.05) is 13.7 Å². The van der Waals surface area contributed by atoms with Gasteiger partial charge < -0.3 is 29.4 Å². The van der Waals surface area contributed by atoms with E-state index in [-0.39, 0.29) is 0 Å². The topological polar surface area (TPSA) is 72.2 Å². The van der Waals surface area contributed by atoms with Crippen LogP contribution in [0.15, 0.2) is 91.0 Å². The maximum atomic E-state index is 6.43. The van der Waals surface area contributed by atoms with Gasteiger partial charge in [-0.3, -0.25) is 0 Å². The Morgan fingerprint density at radius 3 is 1.69 bits per heavy atom. The molecular formula is C29H33NO5S. The monoisotopic (exact) mass is 507 g/mol. The fourth-order valence-corrected chi connectivity index (χ4v) is 4.62. The number of nitrogens with two attached hydrogens (primary N) is 1. The summed E-state index contributed by atoms with van der Waals surface area (Å²) in [5.41, 5.74) is 9.45. The molecule has 0 aromatic heterocycles. The van der Waals surface area contributed by atoms with Crippen molar-refractivity contribution in [1.82, 2.24) is 0 Å². The minimum absolute atomic E-state index is 0.290. The van der Waals surface area contributed by atoms with Crippen molar-refractivity contribution < 1.29 is 23.7 Å². The molecule has 4 rings (SSSR count). The second-order valence-corrected chi connectivity index (χ2v) is 9.20. The van der Waals surface area contributed by atoms with Gasteiger partial charge in [-0.25, -0.2) is 0 Å². The van der Waals surface area contributed by atoms with Crippen molar-refractivity contribution in [3.05, 3.63) is 108 Å². The van der Waals surface area contributed by atoms with Crippen molar-refractivity contribution in [2.45, 2.75) is 44.4 Å². The van der Waals surface area contributed by atoms with Crippen molar-refractivity contribution >= 4 is 17.2 Å². The van der Waals surface area contributed by atoms with E-state index in [1.165, 1.54) is 0 Å². The molecule has 0 amide bonds. The van der Waals surface area contributed by atoms with E-state index < -0.39 is 30.5 Å². The summed E-state index contributed by atoms with van der Waals surface area (Å²) in [6.07, 6.45) is -2.16. The summed E-state index contributed by atoms with van der Waals surface area (Å²) >= 11 is 5.54. The molecule has 2 N–H and O–H groups in total. The van der Waals surface area contributed by atoms with E-state index in [9.17, 15) is 0 Å². The molecule has 5 atom stereocenters. The molecule has 7 heteroatoms. The van der Waals surface area contributed by atoms with Gasteiger partial charge in [0.2, 0.25) is 0 Å². The SMILES string of the molecule is COC1OC(COCc2ccccc2)C(OCc2ccccc2)C(C(N)=S)C1OCc1ccccc1. The number of hydrogen-bond donors (Lipinski definition) is 1. The van der Waals surface area contributed by atoms with Gasteiger partial charge in [-0.05, 0) is 16.7 Å². The molecule has 1 aliphatic heterocycles. The highest BCUT2D eigenvalue weighted by atomic mass is 32.1. The van der Waals surface area contributed by atoms with Crippen LogP contribution in [0, 0.1) is 5.92 Å². The molecule has 1 heterocycles. The Hall–Kier alpha value is -2.65. The summed E-state index contributed by atoms with van der Waals surface area (Å²) in [5.74, 6) is -0.434. The Morgan fingerprint density at radius 2 is 1.22 bits per heavy atom. The van der Waals surface area contributed by atoms with Crippen LogP contribution >= 0.6 is 12.2 Å². The first-order valence-electron chi connectivity index (χ1n) is 12.1. The predicted molar refractivity (Wildman–Crippen MR) is 142 cm³/mol. The molecule has 0 bridgehead atoms. The molecule has 0 spiro atoms. The molecule has 1 saturated heterocycles. The molecule has 190 valence electrons. The minimum atomic E-state index is -0.679. The fourth-order valence-electron chi connectivity index (χ4n) is 4.36. The van der Waals surface area contributed by atoms with Gasteiger partial charge in [0, 0.05) is 7.11 Å². The highest BCUT2D eigenvalue weighted by Crippen LogP contribution is 2.33. The van der Waals surface area contributed by atoms with Crippen molar-refractivity contribution in [1.29, 1.82) is 0 Å². The number of methoxy groups -OCH3 is 1. The molecule has 0 saturated carbocycles. The normalized spacial score (nSPS) is 23.9. The quantitative estimate of drug-likeness (QED) is 0.358. The number of rotatable bonds is 12. The molecule has 0 radical (unpaired) electrons. The average Bonchev–Trinajstić information content (AvgIpc) is 2.92. The second kappa shape index (κ2) is 13.6. The van der Waals surface area contributed by atoms with Gasteiger partial charge in [-0.15, -0.1) is 0 Å². The highest BCUT2D eigenvalue weighted by molar-refractivity contribution is 7.80. The van der Waals surface area contributed by atoms with E-state index in [2.05, 4.69) is 0 Å². The van der Waals surface area contributed by atoms with Crippen LogP contribution in [0.4, 0.5) is 0 Å². The molecule has 3 aromatic rings. The van der Waals surface area contributed by atoms with Crippen LogP contribution in [-0.4, -0.2) is 43.3 Å². The zero-order chi connectivity index (χ0) is 25.2. The van der Waals surface area contributed by atoms with Gasteiger partial charge in [-0.2, -0.15) is 0 Å². The Bertz CT molecular complexity index is 1050. The maximum Gasteiger partial charge on any atom is 0.184 e. The Kier molecular flexibility index (Phi) is 9.98. The third kappa shape index (κ3) is 7.20. The van der Waals surface area contributed by atoms with Crippen LogP contribution in [-0.2, 0) is 43.5 Å². The van der Waals surface area contributed by atoms with Crippen LogP contribution < -0.4 is 5.73 Å². The van der Waals surface area contributed by atoms with Gasteiger partial charge >= 0.3 is 0 Å². The number of hydrogen-bond acceptors (Lipinski definition) is 6. The Balaban J connectivity index is 1.52. The smallest absolute Gasteiger partial charge is 0.184 e. The fraction of sp³-hybridized carbons (Fsp3) is 0.345. The molecule has 1 aliphatic rings. The third-order valence-corrected chi connectivity index (χ3v) is 6.45. The van der Waals surface area contributed by atoms with Gasteiger partial charge in [0.25, 0.3) is 0 Å². The summed E-state index contributed by atoms with van der Waals surface area (Å²) in [6.45, 7) is 1.49. The first-order chi connectivity index (χ1) is 17.7. The first-order valence-corrected chi connectivity index (χ1v) is 12.5. The van der Waals surface area contributed by atoms with Crippen LogP contribution in [0.3, 0.4) is 0 Å². The van der Waals surface area contributed by atoms with E-state index >= 15 is 0 Å². The lowest BCUT2D eigenvalue weighted by molar-refractivity contribution is -0.294. The number of thiocarbonyl (C=S) groups is 1. The van der Waals surface area contributed by atoms with E-state index in [1.807, 2.05) is 91.0 Å². The summed E-state index contributed by atoms with van der Waals surface area (Å²) in [4.78, 5) is 0.296. The molecule has 5 unspecified atom stereocenters. The summed E-state index contributed by atoms with van der Waals surface area (Å²) < 4.78 is 30.8. The van der Waals surface area contributed by atoms with Gasteiger partial charge in [0.15, 0.2) is 6.29 Å². The first kappa shape index (κ1) is 26.4. The largest absolute Gasteiger partial charge is 0.393 e. The second-order valence-electron chi connectivity index (χ2n) is 8.73. The lowest BCUT2D eigenvalue weighted by atomic mass is 9.88. The molecule has 36 heavy (non-hydrogen) atoms. The number of ether oxygens (including phenoxy) is 5. The van der Waals surface area contributed by atoms with Gasteiger partial charge in [-0.1, -0.05) is 103 Å². The predicted octanol–water partition coefficient (Wildman–Crippen LogP) is 4.65. The molecule has 6 nitrogen and oxygen atoms in total. The lowest BCUT2D eigenvalue weighted by Gasteiger charge is -2.45. The maximum absolute atomic E-state index is 6.43. The van der Waals surface area contributed by atoms with E-state index in [0.717, 1.165) is 16.7 Å². The van der Waals surface area contributed by atoms with Crippen molar-refractivity contribution in [2.24, 2.45) is 11.7 Å². The van der Waals surface area contributed by atoms with E-state index in [0.29, 0.717) is 31.4 Å². The minimum Gasteiger partial charge on any atom is -0.393 e. The zero-order valence-corrected chi connectivity index (χ0v) is 21.2. The van der Waals surface area contributed by atoms with Gasteiger partial charge in [0.05, 0.1) is 43.4 Å². The van der Waals surface area contributed by atoms with Crippen molar-refractivity contribution in [3.8, 4) is 0 Å². The van der Waals surface area contributed by atoms with E-state index in [4.69, 9.17) is 41.6 Å². The summed E-state index contributed by atoms with van der Waals surface area (Å²) in [7, 11) is 1.59. The van der Waals surface area contributed by atoms with Crippen LogP contribution in [0.1, 0.15) is 16.7 Å². The molecule has 0 aliphatic carbocycles. The average molecular weight is 508 g/mol. The lowest BCUT2D eigenvalue weighted by Crippen LogP contribution is -2.61.